The molecule has 0 saturated heterocycles. The van der Waals surface area contributed by atoms with Crippen LogP contribution in [0.4, 0.5) is 5.82 Å². The van der Waals surface area contributed by atoms with Gasteiger partial charge in [-0.3, -0.25) is 9.48 Å². The number of rotatable bonds is 7. The van der Waals surface area contributed by atoms with E-state index in [0.29, 0.717) is 30.8 Å². The van der Waals surface area contributed by atoms with Crippen molar-refractivity contribution in [2.45, 2.75) is 31.1 Å². The van der Waals surface area contributed by atoms with E-state index in [1.165, 1.54) is 18.5 Å². The maximum absolute atomic E-state index is 12.7. The summed E-state index contributed by atoms with van der Waals surface area (Å²) >= 11 is 0. The third-order valence-corrected chi connectivity index (χ3v) is 8.03. The fraction of sp³-hybridized carbons (Fsp3) is 0.261. The molecular formula is C23H22N6O4S. The topological polar surface area (TPSA) is 133 Å². The molecule has 0 atom stereocenters. The quantitative estimate of drug-likeness (QED) is 0.429. The Labute approximate surface area is 196 Å². The zero-order valence-electron chi connectivity index (χ0n) is 18.6. The molecule has 11 heteroatoms. The van der Waals surface area contributed by atoms with Gasteiger partial charge >= 0.3 is 0 Å². The van der Waals surface area contributed by atoms with Crippen LogP contribution in [0.1, 0.15) is 24.0 Å². The Morgan fingerprint density at radius 3 is 2.65 bits per heavy atom. The summed E-state index contributed by atoms with van der Waals surface area (Å²) in [5.41, 5.74) is 4.04. The highest BCUT2D eigenvalue weighted by atomic mass is 32.2. The minimum Gasteiger partial charge on any atom is -0.364 e. The first-order chi connectivity index (χ1) is 16.3. The normalized spacial score (nSPS) is 14.6. The molecule has 3 heterocycles. The van der Waals surface area contributed by atoms with Crippen LogP contribution in [0.3, 0.4) is 0 Å². The van der Waals surface area contributed by atoms with Crippen LogP contribution >= 0.6 is 0 Å². The van der Waals surface area contributed by atoms with Crippen molar-refractivity contribution in [2.75, 3.05) is 11.6 Å². The Morgan fingerprint density at radius 1 is 1.18 bits per heavy atom. The predicted octanol–water partition coefficient (Wildman–Crippen LogP) is 2.87. The third-order valence-electron chi connectivity index (χ3n) is 6.02. The number of carbonyl (C=O) groups is 1. The van der Waals surface area contributed by atoms with Gasteiger partial charge in [0.1, 0.15) is 23.5 Å². The fourth-order valence-corrected chi connectivity index (χ4v) is 5.04. The Balaban J connectivity index is 1.47. The Hall–Kier alpha value is -3.86. The summed E-state index contributed by atoms with van der Waals surface area (Å²) in [6.07, 6.45) is 4.67. The lowest BCUT2D eigenvalue weighted by Crippen LogP contribution is -2.37. The van der Waals surface area contributed by atoms with Crippen molar-refractivity contribution in [1.29, 1.82) is 0 Å². The van der Waals surface area contributed by atoms with E-state index in [2.05, 4.69) is 20.4 Å². The lowest BCUT2D eigenvalue weighted by Gasteiger charge is -2.12. The number of hydrogen-bond donors (Lipinski definition) is 1. The molecule has 34 heavy (non-hydrogen) atoms. The molecule has 1 N–H and O–H groups in total. The third kappa shape index (κ3) is 3.98. The van der Waals surface area contributed by atoms with E-state index in [4.69, 9.17) is 9.62 Å². The second-order valence-corrected chi connectivity index (χ2v) is 10.7. The maximum atomic E-state index is 12.7. The largest absolute Gasteiger partial charge is 0.364 e. The SMILES string of the molecule is Cc1ccccc1Cn1nc(-c2nccc(NC(=O)C3(S(C)(=O)=O)CC3)n2)cc1-c1ccon1. The molecule has 0 aliphatic heterocycles. The minimum atomic E-state index is -3.52. The second-order valence-electron chi connectivity index (χ2n) is 8.37. The number of hydrogen-bond acceptors (Lipinski definition) is 8. The van der Waals surface area contributed by atoms with Gasteiger partial charge < -0.3 is 9.84 Å². The summed E-state index contributed by atoms with van der Waals surface area (Å²) in [6, 6.07) is 13.1. The molecule has 1 aromatic carbocycles. The van der Waals surface area contributed by atoms with Crippen molar-refractivity contribution >= 4 is 21.6 Å². The number of amides is 1. The van der Waals surface area contributed by atoms with Gasteiger partial charge in [0.15, 0.2) is 20.4 Å². The van der Waals surface area contributed by atoms with E-state index in [1.54, 1.807) is 16.8 Å². The number of carbonyl (C=O) groups excluding carboxylic acids is 1. The predicted molar refractivity (Wildman–Crippen MR) is 124 cm³/mol. The number of nitrogens with zero attached hydrogens (tertiary/aromatic N) is 5. The van der Waals surface area contributed by atoms with Crippen LogP contribution in [0.2, 0.25) is 0 Å². The van der Waals surface area contributed by atoms with Crippen molar-refractivity contribution in [3.8, 4) is 22.9 Å². The smallest absolute Gasteiger partial charge is 0.246 e. The number of sulfone groups is 1. The summed E-state index contributed by atoms with van der Waals surface area (Å²) < 4.78 is 29.5. The average molecular weight is 479 g/mol. The molecule has 1 aliphatic carbocycles. The van der Waals surface area contributed by atoms with Crippen molar-refractivity contribution in [1.82, 2.24) is 24.9 Å². The van der Waals surface area contributed by atoms with Crippen LogP contribution in [-0.4, -0.2) is 50.2 Å². The molecule has 3 aromatic heterocycles. The van der Waals surface area contributed by atoms with Crippen LogP contribution in [0.5, 0.6) is 0 Å². The van der Waals surface area contributed by atoms with E-state index in [0.717, 1.165) is 23.1 Å². The zero-order valence-corrected chi connectivity index (χ0v) is 19.4. The molecular weight excluding hydrogens is 456 g/mol. The van der Waals surface area contributed by atoms with Gasteiger partial charge in [0.25, 0.3) is 0 Å². The molecule has 1 amide bonds. The summed E-state index contributed by atoms with van der Waals surface area (Å²) in [7, 11) is -3.52. The molecule has 0 unspecified atom stereocenters. The van der Waals surface area contributed by atoms with Crippen molar-refractivity contribution in [3.05, 3.63) is 66.1 Å². The van der Waals surface area contributed by atoms with Crippen LogP contribution in [-0.2, 0) is 21.2 Å². The number of anilines is 1. The van der Waals surface area contributed by atoms with Gasteiger partial charge in [-0.2, -0.15) is 5.10 Å². The standard InChI is InChI=1S/C23H22N6O4S/c1-15-5-3-4-6-16(15)14-29-19(17-8-12-33-28-17)13-18(27-29)21-24-11-7-20(25-21)26-22(30)23(9-10-23)34(2,31)32/h3-8,11-13H,9-10,14H2,1-2H3,(H,24,25,26,30). The Bertz CT molecular complexity index is 1470. The van der Waals surface area contributed by atoms with Crippen molar-refractivity contribution < 1.29 is 17.7 Å². The van der Waals surface area contributed by atoms with Gasteiger partial charge in [0.2, 0.25) is 5.91 Å². The fourth-order valence-electron chi connectivity index (χ4n) is 3.81. The van der Waals surface area contributed by atoms with Gasteiger partial charge in [-0.15, -0.1) is 0 Å². The van der Waals surface area contributed by atoms with Crippen LogP contribution in [0.25, 0.3) is 22.9 Å². The van der Waals surface area contributed by atoms with Gasteiger partial charge in [-0.05, 0) is 43.0 Å². The molecule has 1 saturated carbocycles. The molecule has 174 valence electrons. The number of nitrogens with one attached hydrogen (secondary N) is 1. The van der Waals surface area contributed by atoms with Crippen molar-refractivity contribution in [3.63, 3.8) is 0 Å². The lowest BCUT2D eigenvalue weighted by atomic mass is 10.1. The van der Waals surface area contributed by atoms with Gasteiger partial charge in [-0.1, -0.05) is 29.4 Å². The molecule has 4 aromatic rings. The summed E-state index contributed by atoms with van der Waals surface area (Å²) in [4.78, 5) is 21.4. The van der Waals surface area contributed by atoms with E-state index >= 15 is 0 Å². The first kappa shape index (κ1) is 22.0. The van der Waals surface area contributed by atoms with Crippen molar-refractivity contribution in [2.24, 2.45) is 0 Å². The van der Waals surface area contributed by atoms with E-state index in [-0.39, 0.29) is 11.6 Å². The highest BCUT2D eigenvalue weighted by molar-refractivity contribution is 7.93. The van der Waals surface area contributed by atoms with E-state index < -0.39 is 20.5 Å². The molecule has 0 spiro atoms. The summed E-state index contributed by atoms with van der Waals surface area (Å²) in [5.74, 6) is -0.0790. The van der Waals surface area contributed by atoms with Gasteiger partial charge in [0.05, 0.1) is 12.2 Å². The molecule has 0 radical (unpaired) electrons. The Kier molecular flexibility index (Phi) is 5.28. The van der Waals surface area contributed by atoms with E-state index in [9.17, 15) is 13.2 Å². The van der Waals surface area contributed by atoms with Crippen LogP contribution in [0, 0.1) is 6.92 Å². The van der Waals surface area contributed by atoms with Crippen LogP contribution in [0.15, 0.2) is 59.4 Å². The number of aryl methyl sites for hydroxylation is 1. The molecule has 1 aliphatic rings. The highest BCUT2D eigenvalue weighted by Gasteiger charge is 2.58. The molecule has 1 fully saturated rings. The Morgan fingerprint density at radius 2 is 1.97 bits per heavy atom. The molecule has 10 nitrogen and oxygen atoms in total. The van der Waals surface area contributed by atoms with Crippen LogP contribution < -0.4 is 5.32 Å². The average Bonchev–Trinajstić information content (AvgIpc) is 3.27. The maximum Gasteiger partial charge on any atom is 0.246 e. The van der Waals surface area contributed by atoms with Gasteiger partial charge in [-0.25, -0.2) is 18.4 Å². The summed E-state index contributed by atoms with van der Waals surface area (Å²) in [5, 5.41) is 11.4. The minimum absolute atomic E-state index is 0.210. The molecule has 5 rings (SSSR count). The monoisotopic (exact) mass is 478 g/mol. The highest BCUT2D eigenvalue weighted by Crippen LogP contribution is 2.44. The molecule has 0 bridgehead atoms. The van der Waals surface area contributed by atoms with E-state index in [1.807, 2.05) is 31.2 Å². The second kappa shape index (κ2) is 8.17. The number of aromatic nitrogens is 5. The lowest BCUT2D eigenvalue weighted by molar-refractivity contribution is -0.116. The van der Waals surface area contributed by atoms with Gasteiger partial charge in [0, 0.05) is 18.5 Å². The first-order valence-electron chi connectivity index (χ1n) is 10.6. The first-order valence-corrected chi connectivity index (χ1v) is 12.5. The number of benzene rings is 1. The zero-order chi connectivity index (χ0) is 23.9. The summed E-state index contributed by atoms with van der Waals surface area (Å²) in [6.45, 7) is 2.54.